The zero-order valence-corrected chi connectivity index (χ0v) is 13.9. The van der Waals surface area contributed by atoms with Crippen LogP contribution in [0.15, 0.2) is 60.7 Å². The number of aryl methyl sites for hydroxylation is 1. The molecule has 0 amide bonds. The van der Waals surface area contributed by atoms with Gasteiger partial charge in [0.1, 0.15) is 4.32 Å². The Labute approximate surface area is 141 Å². The molecule has 2 aromatic carbocycles. The lowest BCUT2D eigenvalue weighted by Gasteiger charge is -2.34. The fourth-order valence-electron chi connectivity index (χ4n) is 2.78. The van der Waals surface area contributed by atoms with Crippen LogP contribution in [0.1, 0.15) is 17.5 Å². The Morgan fingerprint density at radius 2 is 1.68 bits per heavy atom. The van der Waals surface area contributed by atoms with Gasteiger partial charge < -0.3 is 10.0 Å². The third-order valence-electron chi connectivity index (χ3n) is 3.99. The predicted molar refractivity (Wildman–Crippen MR) is 96.9 cm³/mol. The average molecular weight is 329 g/mol. The van der Waals surface area contributed by atoms with E-state index in [9.17, 15) is 5.11 Å². The van der Waals surface area contributed by atoms with E-state index in [4.69, 9.17) is 12.2 Å². The van der Waals surface area contributed by atoms with E-state index in [0.29, 0.717) is 5.75 Å². The van der Waals surface area contributed by atoms with Crippen LogP contribution >= 0.6 is 24.0 Å². The summed E-state index contributed by atoms with van der Waals surface area (Å²) in [5.41, 5.74) is 1.27. The second kappa shape index (κ2) is 6.82. The van der Waals surface area contributed by atoms with Crippen LogP contribution in [-0.4, -0.2) is 26.6 Å². The predicted octanol–water partition coefficient (Wildman–Crippen LogP) is 3.80. The van der Waals surface area contributed by atoms with E-state index in [2.05, 4.69) is 24.3 Å². The van der Waals surface area contributed by atoms with Crippen LogP contribution < -0.4 is 0 Å². The van der Waals surface area contributed by atoms with E-state index >= 15 is 0 Å². The molecule has 0 spiro atoms. The molecular weight excluding hydrogens is 310 g/mol. The van der Waals surface area contributed by atoms with Gasteiger partial charge in [0.25, 0.3) is 0 Å². The maximum atomic E-state index is 11.1. The van der Waals surface area contributed by atoms with Gasteiger partial charge in [-0.05, 0) is 18.4 Å². The molecule has 22 heavy (non-hydrogen) atoms. The fourth-order valence-corrected chi connectivity index (χ4v) is 4.24. The quantitative estimate of drug-likeness (QED) is 0.843. The fraction of sp³-hybridized carbons (Fsp3) is 0.278. The number of nitrogens with zero attached hydrogens (tertiary/aromatic N) is 1. The zero-order valence-electron chi connectivity index (χ0n) is 12.3. The lowest BCUT2D eigenvalue weighted by atomic mass is 10.0. The molecule has 2 aromatic rings. The Bertz CT molecular complexity index is 632. The number of thiocarbonyl (C=S) groups is 1. The van der Waals surface area contributed by atoms with Crippen molar-refractivity contribution in [2.75, 3.05) is 12.3 Å². The van der Waals surface area contributed by atoms with Crippen molar-refractivity contribution in [3.63, 3.8) is 0 Å². The summed E-state index contributed by atoms with van der Waals surface area (Å²) in [6.45, 7) is 0.770. The standard InChI is InChI=1S/C18H19NOS2/c20-18(16-11-5-2-6-12-16)14-22-17(21)19(18)13-7-10-15-8-3-1-4-9-15/h1-6,8-9,11-12,20H,7,10,13-14H2. The van der Waals surface area contributed by atoms with Crippen molar-refractivity contribution in [3.8, 4) is 0 Å². The lowest BCUT2D eigenvalue weighted by molar-refractivity contribution is -0.0469. The van der Waals surface area contributed by atoms with E-state index in [1.807, 2.05) is 41.3 Å². The van der Waals surface area contributed by atoms with Crippen LogP contribution in [0.4, 0.5) is 0 Å². The number of hydrogen-bond acceptors (Lipinski definition) is 3. The van der Waals surface area contributed by atoms with Crippen LogP contribution in [0.2, 0.25) is 0 Å². The first-order valence-electron chi connectivity index (χ1n) is 7.46. The maximum Gasteiger partial charge on any atom is 0.175 e. The van der Waals surface area contributed by atoms with Crippen LogP contribution in [0.25, 0.3) is 0 Å². The normalized spacial score (nSPS) is 21.3. The van der Waals surface area contributed by atoms with E-state index in [1.54, 1.807) is 11.8 Å². The number of thioether (sulfide) groups is 1. The summed E-state index contributed by atoms with van der Waals surface area (Å²) < 4.78 is 0.791. The highest BCUT2D eigenvalue weighted by Crippen LogP contribution is 2.39. The Hall–Kier alpha value is -1.36. The van der Waals surface area contributed by atoms with Crippen molar-refractivity contribution >= 4 is 28.3 Å². The smallest absolute Gasteiger partial charge is 0.175 e. The SMILES string of the molecule is OC1(c2ccccc2)CSC(=S)N1CCCc1ccccc1. The van der Waals surface area contributed by atoms with Crippen LogP contribution in [0, 0.1) is 0 Å². The highest BCUT2D eigenvalue weighted by Gasteiger charge is 2.43. The van der Waals surface area contributed by atoms with Crippen molar-refractivity contribution in [3.05, 3.63) is 71.8 Å². The molecule has 0 bridgehead atoms. The van der Waals surface area contributed by atoms with E-state index in [1.165, 1.54) is 5.56 Å². The second-order valence-corrected chi connectivity index (χ2v) is 7.09. The topological polar surface area (TPSA) is 23.5 Å². The van der Waals surface area contributed by atoms with Gasteiger partial charge in [-0.25, -0.2) is 0 Å². The van der Waals surface area contributed by atoms with Crippen LogP contribution in [0.3, 0.4) is 0 Å². The highest BCUT2D eigenvalue weighted by molar-refractivity contribution is 8.23. The molecule has 114 valence electrons. The summed E-state index contributed by atoms with van der Waals surface area (Å²) in [7, 11) is 0. The first-order chi connectivity index (χ1) is 10.7. The number of benzene rings is 2. The summed E-state index contributed by atoms with van der Waals surface area (Å²) in [5.74, 6) is 0.598. The van der Waals surface area contributed by atoms with Gasteiger partial charge in [-0.1, -0.05) is 84.6 Å². The van der Waals surface area contributed by atoms with Gasteiger partial charge in [0.2, 0.25) is 0 Å². The molecule has 4 heteroatoms. The number of aliphatic hydroxyl groups is 1. The van der Waals surface area contributed by atoms with Gasteiger partial charge in [0, 0.05) is 12.1 Å². The van der Waals surface area contributed by atoms with Crippen molar-refractivity contribution in [1.29, 1.82) is 0 Å². The van der Waals surface area contributed by atoms with Gasteiger partial charge in [-0.2, -0.15) is 0 Å². The second-order valence-electron chi connectivity index (χ2n) is 5.48. The molecule has 0 radical (unpaired) electrons. The van der Waals surface area contributed by atoms with E-state index in [-0.39, 0.29) is 0 Å². The van der Waals surface area contributed by atoms with Crippen molar-refractivity contribution in [2.45, 2.75) is 18.6 Å². The minimum atomic E-state index is -0.973. The summed E-state index contributed by atoms with van der Waals surface area (Å²) >= 11 is 7.01. The first-order valence-corrected chi connectivity index (χ1v) is 8.86. The summed E-state index contributed by atoms with van der Waals surface area (Å²) in [5, 5.41) is 11.1. The van der Waals surface area contributed by atoms with Crippen molar-refractivity contribution in [2.24, 2.45) is 0 Å². The van der Waals surface area contributed by atoms with Crippen molar-refractivity contribution < 1.29 is 5.11 Å². The summed E-state index contributed by atoms with van der Waals surface area (Å²) in [6, 6.07) is 20.3. The highest BCUT2D eigenvalue weighted by atomic mass is 32.2. The number of rotatable bonds is 5. The Kier molecular flexibility index (Phi) is 4.81. The van der Waals surface area contributed by atoms with Gasteiger partial charge in [-0.3, -0.25) is 0 Å². The van der Waals surface area contributed by atoms with Gasteiger partial charge in [0.15, 0.2) is 5.72 Å². The Morgan fingerprint density at radius 3 is 2.36 bits per heavy atom. The maximum absolute atomic E-state index is 11.1. The third-order valence-corrected chi connectivity index (χ3v) is 5.58. The van der Waals surface area contributed by atoms with E-state index < -0.39 is 5.72 Å². The molecule has 0 aliphatic carbocycles. The molecule has 2 nitrogen and oxygen atoms in total. The largest absolute Gasteiger partial charge is 0.366 e. The van der Waals surface area contributed by atoms with Gasteiger partial charge in [-0.15, -0.1) is 0 Å². The van der Waals surface area contributed by atoms with Crippen LogP contribution in [-0.2, 0) is 12.1 Å². The molecule has 1 N–H and O–H groups in total. The third kappa shape index (κ3) is 3.19. The minimum Gasteiger partial charge on any atom is -0.366 e. The number of hydrogen-bond donors (Lipinski definition) is 1. The molecule has 1 heterocycles. The first kappa shape index (κ1) is 15.5. The molecule has 1 fully saturated rings. The molecule has 0 saturated carbocycles. The molecular formula is C18H19NOS2. The molecule has 1 atom stereocenters. The van der Waals surface area contributed by atoms with Gasteiger partial charge in [0.05, 0.1) is 5.75 Å². The Morgan fingerprint density at radius 1 is 1.05 bits per heavy atom. The zero-order chi connectivity index (χ0) is 15.4. The molecule has 1 unspecified atom stereocenters. The minimum absolute atomic E-state index is 0.598. The molecule has 0 aromatic heterocycles. The Balaban J connectivity index is 1.69. The molecule has 1 aliphatic heterocycles. The summed E-state index contributed by atoms with van der Waals surface area (Å²) in [4.78, 5) is 1.98. The molecule has 1 saturated heterocycles. The van der Waals surface area contributed by atoms with E-state index in [0.717, 1.165) is 29.3 Å². The average Bonchev–Trinajstić information content (AvgIpc) is 2.86. The lowest BCUT2D eigenvalue weighted by Crippen LogP contribution is -2.45. The van der Waals surface area contributed by atoms with Crippen molar-refractivity contribution in [1.82, 2.24) is 4.90 Å². The van der Waals surface area contributed by atoms with Gasteiger partial charge >= 0.3 is 0 Å². The monoisotopic (exact) mass is 329 g/mol. The van der Waals surface area contributed by atoms with Crippen LogP contribution in [0.5, 0.6) is 0 Å². The summed E-state index contributed by atoms with van der Waals surface area (Å²) in [6.07, 6.45) is 1.97. The molecule has 1 aliphatic rings. The molecule has 3 rings (SSSR count).